The number of allylic oxidation sites excluding steroid dienone is 4. The van der Waals surface area contributed by atoms with Crippen molar-refractivity contribution in [2.45, 2.75) is 399 Å². The Hall–Kier alpha value is -2.11. The van der Waals surface area contributed by atoms with Gasteiger partial charge in [0.1, 0.15) is 13.2 Å². The predicted molar refractivity (Wildman–Crippen MR) is 335 cm³/mol. The van der Waals surface area contributed by atoms with E-state index in [2.05, 4.69) is 45.1 Å². The average Bonchev–Trinajstić information content (AvgIpc) is 3.43. The normalized spacial score (nSPS) is 12.1. The summed E-state index contributed by atoms with van der Waals surface area (Å²) in [7, 11) is 0. The fourth-order valence-corrected chi connectivity index (χ4v) is 10.7. The number of unbranched alkanes of at least 4 members (excludes halogenated alkanes) is 50. The van der Waals surface area contributed by atoms with Crippen LogP contribution in [0.3, 0.4) is 0 Å². The van der Waals surface area contributed by atoms with Crippen molar-refractivity contribution in [3.63, 3.8) is 0 Å². The highest BCUT2D eigenvalue weighted by Crippen LogP contribution is 2.19. The summed E-state index contributed by atoms with van der Waals surface area (Å²) in [5, 5.41) is 0. The highest BCUT2D eigenvalue weighted by molar-refractivity contribution is 5.71. The Morgan fingerprint density at radius 2 is 0.468 bits per heavy atom. The van der Waals surface area contributed by atoms with Gasteiger partial charge in [-0.05, 0) is 51.4 Å². The Kier molecular flexibility index (Phi) is 64.6. The maximum atomic E-state index is 13.0. The summed E-state index contributed by atoms with van der Waals surface area (Å²) in [5.74, 6) is -0.836. The molecule has 6 heteroatoms. The van der Waals surface area contributed by atoms with Gasteiger partial charge in [0, 0.05) is 19.3 Å². The van der Waals surface area contributed by atoms with Gasteiger partial charge >= 0.3 is 17.9 Å². The Labute approximate surface area is 481 Å². The molecule has 0 N–H and O–H groups in total. The molecule has 0 saturated heterocycles. The first-order valence-electron chi connectivity index (χ1n) is 34.8. The van der Waals surface area contributed by atoms with E-state index >= 15 is 0 Å². The van der Waals surface area contributed by atoms with Gasteiger partial charge in [-0.25, -0.2) is 0 Å². The first-order valence-corrected chi connectivity index (χ1v) is 34.8. The van der Waals surface area contributed by atoms with E-state index in [0.29, 0.717) is 19.3 Å². The zero-order chi connectivity index (χ0) is 55.7. The van der Waals surface area contributed by atoms with E-state index < -0.39 is 6.10 Å². The minimum absolute atomic E-state index is 0.0656. The van der Waals surface area contributed by atoms with E-state index in [0.717, 1.165) is 64.2 Å². The molecule has 0 fully saturated rings. The SMILES string of the molecule is CCCCC/C=C\C/C=C\CCCCCCCCCCCC(=O)OC[C@H](COC(=O)CCCCCCCCCCCCCCCCCCCCC)OC(=O)CCCCCCCCCCCCCCCCCCCCCCC. The first-order chi connectivity index (χ1) is 38.0. The van der Waals surface area contributed by atoms with Gasteiger partial charge in [0.25, 0.3) is 0 Å². The number of carbonyl (C=O) groups is 3. The van der Waals surface area contributed by atoms with E-state index in [9.17, 15) is 14.4 Å². The van der Waals surface area contributed by atoms with Crippen LogP contribution in [0.15, 0.2) is 24.3 Å². The third-order valence-corrected chi connectivity index (χ3v) is 16.0. The van der Waals surface area contributed by atoms with Crippen LogP contribution in [-0.4, -0.2) is 37.2 Å². The molecule has 1 atom stereocenters. The van der Waals surface area contributed by atoms with Gasteiger partial charge in [-0.2, -0.15) is 0 Å². The second kappa shape index (κ2) is 66.4. The molecule has 0 heterocycles. The smallest absolute Gasteiger partial charge is 0.306 e. The number of ether oxygens (including phenoxy) is 3. The first kappa shape index (κ1) is 74.9. The summed E-state index contributed by atoms with van der Waals surface area (Å²) >= 11 is 0. The lowest BCUT2D eigenvalue weighted by Crippen LogP contribution is -2.30. The molecule has 0 amide bonds. The van der Waals surface area contributed by atoms with Gasteiger partial charge in [0.05, 0.1) is 0 Å². The van der Waals surface area contributed by atoms with Gasteiger partial charge in [-0.1, -0.05) is 347 Å². The van der Waals surface area contributed by atoms with Crippen molar-refractivity contribution >= 4 is 17.9 Å². The number of carbonyl (C=O) groups excluding carboxylic acids is 3. The van der Waals surface area contributed by atoms with Crippen LogP contribution in [0.1, 0.15) is 393 Å². The average molecular weight is 1080 g/mol. The van der Waals surface area contributed by atoms with Gasteiger partial charge in [0.15, 0.2) is 6.10 Å². The molecule has 0 saturated carbocycles. The van der Waals surface area contributed by atoms with E-state index in [1.165, 1.54) is 289 Å². The van der Waals surface area contributed by atoms with Crippen LogP contribution in [-0.2, 0) is 28.6 Å². The fraction of sp³-hybridized carbons (Fsp3) is 0.901. The summed E-state index contributed by atoms with van der Waals surface area (Å²) in [6.07, 6.45) is 80.5. The lowest BCUT2D eigenvalue weighted by Gasteiger charge is -2.18. The summed E-state index contributed by atoms with van der Waals surface area (Å²) in [6.45, 7) is 6.70. The highest BCUT2D eigenvalue weighted by atomic mass is 16.6. The molecule has 0 aliphatic rings. The zero-order valence-corrected chi connectivity index (χ0v) is 52.3. The van der Waals surface area contributed by atoms with Crippen molar-refractivity contribution in [2.75, 3.05) is 13.2 Å². The molecule has 0 radical (unpaired) electrons. The third kappa shape index (κ3) is 64.6. The monoisotopic (exact) mass is 1080 g/mol. The molecule has 0 unspecified atom stereocenters. The maximum absolute atomic E-state index is 13.0. The highest BCUT2D eigenvalue weighted by Gasteiger charge is 2.19. The summed E-state index contributed by atoms with van der Waals surface area (Å²) in [4.78, 5) is 38.5. The maximum Gasteiger partial charge on any atom is 0.306 e. The van der Waals surface area contributed by atoms with Crippen LogP contribution in [0.25, 0.3) is 0 Å². The molecule has 454 valence electrons. The molecule has 0 rings (SSSR count). The van der Waals surface area contributed by atoms with Crippen molar-refractivity contribution in [3.8, 4) is 0 Å². The third-order valence-electron chi connectivity index (χ3n) is 16.0. The minimum atomic E-state index is -0.770. The Morgan fingerprint density at radius 3 is 0.740 bits per heavy atom. The molecule has 0 aromatic carbocycles. The van der Waals surface area contributed by atoms with Crippen molar-refractivity contribution in [3.05, 3.63) is 24.3 Å². The molecule has 0 aromatic rings. The van der Waals surface area contributed by atoms with Crippen molar-refractivity contribution < 1.29 is 28.6 Å². The topological polar surface area (TPSA) is 78.9 Å². The van der Waals surface area contributed by atoms with Crippen molar-refractivity contribution in [1.82, 2.24) is 0 Å². The van der Waals surface area contributed by atoms with E-state index in [-0.39, 0.29) is 31.1 Å². The molecular formula is C71H134O6. The standard InChI is InChI=1S/C71H134O6/c1-4-7-10-13-16-19-22-25-28-31-34-35-38-41-44-47-50-53-56-59-62-65-71(74)77-68(66-75-69(72)63-60-57-54-51-48-45-42-39-36-32-29-26-23-20-17-14-11-8-5-2)67-76-70(73)64-61-58-55-52-49-46-43-40-37-33-30-27-24-21-18-15-12-9-6-3/h17,20,26,29,68H,4-16,18-19,21-25,27-28,30-67H2,1-3H3/b20-17-,29-26-/t68-/m1/s1. The largest absolute Gasteiger partial charge is 0.462 e. The van der Waals surface area contributed by atoms with Crippen molar-refractivity contribution in [1.29, 1.82) is 0 Å². The molecule has 0 aliphatic carbocycles. The van der Waals surface area contributed by atoms with Crippen LogP contribution < -0.4 is 0 Å². The van der Waals surface area contributed by atoms with E-state index in [1.54, 1.807) is 0 Å². The number of hydrogen-bond donors (Lipinski definition) is 0. The van der Waals surface area contributed by atoms with Gasteiger partial charge in [-0.15, -0.1) is 0 Å². The number of hydrogen-bond acceptors (Lipinski definition) is 6. The molecule has 6 nitrogen and oxygen atoms in total. The lowest BCUT2D eigenvalue weighted by atomic mass is 10.0. The van der Waals surface area contributed by atoms with Crippen LogP contribution in [0.4, 0.5) is 0 Å². The molecular weight excluding hydrogens is 949 g/mol. The lowest BCUT2D eigenvalue weighted by molar-refractivity contribution is -0.167. The van der Waals surface area contributed by atoms with Crippen LogP contribution >= 0.6 is 0 Å². The van der Waals surface area contributed by atoms with E-state index in [4.69, 9.17) is 14.2 Å². The molecule has 0 bridgehead atoms. The number of esters is 3. The molecule has 0 aliphatic heterocycles. The van der Waals surface area contributed by atoms with Crippen LogP contribution in [0.2, 0.25) is 0 Å². The van der Waals surface area contributed by atoms with Crippen molar-refractivity contribution in [2.24, 2.45) is 0 Å². The van der Waals surface area contributed by atoms with Crippen LogP contribution in [0, 0.1) is 0 Å². The summed E-state index contributed by atoms with van der Waals surface area (Å²) < 4.78 is 17.0. The number of rotatable bonds is 65. The Morgan fingerprint density at radius 1 is 0.260 bits per heavy atom. The van der Waals surface area contributed by atoms with Gasteiger partial charge in [-0.3, -0.25) is 14.4 Å². The Balaban J connectivity index is 4.30. The molecule has 0 spiro atoms. The quantitative estimate of drug-likeness (QED) is 0.0261. The Bertz CT molecular complexity index is 1240. The predicted octanol–water partition coefficient (Wildman–Crippen LogP) is 23.8. The summed E-state index contributed by atoms with van der Waals surface area (Å²) in [6, 6.07) is 0. The molecule has 0 aromatic heterocycles. The fourth-order valence-electron chi connectivity index (χ4n) is 10.7. The molecule has 77 heavy (non-hydrogen) atoms. The van der Waals surface area contributed by atoms with Gasteiger partial charge < -0.3 is 14.2 Å². The zero-order valence-electron chi connectivity index (χ0n) is 52.3. The second-order valence-corrected chi connectivity index (χ2v) is 23.8. The minimum Gasteiger partial charge on any atom is -0.462 e. The summed E-state index contributed by atoms with van der Waals surface area (Å²) in [5.41, 5.74) is 0. The second-order valence-electron chi connectivity index (χ2n) is 23.8. The van der Waals surface area contributed by atoms with Gasteiger partial charge in [0.2, 0.25) is 0 Å². The van der Waals surface area contributed by atoms with Crippen LogP contribution in [0.5, 0.6) is 0 Å². The van der Waals surface area contributed by atoms with E-state index in [1.807, 2.05) is 0 Å².